The van der Waals surface area contributed by atoms with E-state index in [2.05, 4.69) is 34.5 Å². The topological polar surface area (TPSA) is 67.6 Å². The maximum atomic E-state index is 12.1. The number of hydrogen-bond acceptors (Lipinski definition) is 4. The van der Waals surface area contributed by atoms with Crippen LogP contribution in [-0.4, -0.2) is 49.2 Å². The van der Waals surface area contributed by atoms with Crippen molar-refractivity contribution in [3.8, 4) is 0 Å². The number of nitrogens with two attached hydrogens (primary N) is 1. The van der Waals surface area contributed by atoms with E-state index in [1.54, 1.807) is 0 Å². The first-order valence-corrected chi connectivity index (χ1v) is 9.11. The molecule has 2 aliphatic rings. The Hall–Kier alpha value is -1.43. The molecule has 1 aromatic carbocycles. The lowest BCUT2D eigenvalue weighted by atomic mass is 10.00. The van der Waals surface area contributed by atoms with Crippen LogP contribution >= 0.6 is 0 Å². The van der Waals surface area contributed by atoms with E-state index in [0.29, 0.717) is 18.9 Å². The van der Waals surface area contributed by atoms with Gasteiger partial charge in [-0.1, -0.05) is 36.8 Å². The van der Waals surface area contributed by atoms with Crippen LogP contribution < -0.4 is 11.1 Å². The average molecular weight is 331 g/mol. The number of rotatable bonds is 6. The number of amides is 1. The fourth-order valence-electron chi connectivity index (χ4n) is 3.75. The normalized spacial score (nSPS) is 28.0. The van der Waals surface area contributed by atoms with Gasteiger partial charge in [0.2, 0.25) is 5.91 Å². The van der Waals surface area contributed by atoms with E-state index in [1.807, 2.05) is 6.07 Å². The smallest absolute Gasteiger partial charge is 0.220 e. The minimum atomic E-state index is 0.0728. The number of carbonyl (C=O) groups excluding carboxylic acids is 1. The van der Waals surface area contributed by atoms with Gasteiger partial charge in [-0.2, -0.15) is 0 Å². The van der Waals surface area contributed by atoms with Gasteiger partial charge in [0, 0.05) is 38.6 Å². The molecule has 24 heavy (non-hydrogen) atoms. The molecule has 0 aromatic heterocycles. The summed E-state index contributed by atoms with van der Waals surface area (Å²) >= 11 is 0. The second-order valence-electron chi connectivity index (χ2n) is 7.08. The van der Waals surface area contributed by atoms with Crippen LogP contribution in [0.5, 0.6) is 0 Å². The van der Waals surface area contributed by atoms with Gasteiger partial charge in [0.25, 0.3) is 0 Å². The van der Waals surface area contributed by atoms with E-state index in [0.717, 1.165) is 45.5 Å². The molecule has 1 aromatic rings. The lowest BCUT2D eigenvalue weighted by Crippen LogP contribution is -2.47. The van der Waals surface area contributed by atoms with Crippen molar-refractivity contribution in [1.82, 2.24) is 10.2 Å². The van der Waals surface area contributed by atoms with Crippen molar-refractivity contribution in [1.29, 1.82) is 0 Å². The standard InChI is InChI=1S/C19H29N3O2/c20-18-8-4-7-16(18)11-19(23)21-12-17-14-22(9-10-24-17)13-15-5-2-1-3-6-15/h1-3,5-6,16-18H,4,7-14,20H2,(H,21,23)/t16-,17?,18+/m0/s1. The first-order valence-electron chi connectivity index (χ1n) is 9.11. The van der Waals surface area contributed by atoms with Crippen molar-refractivity contribution in [3.63, 3.8) is 0 Å². The number of hydrogen-bond donors (Lipinski definition) is 2. The lowest BCUT2D eigenvalue weighted by Gasteiger charge is -2.33. The summed E-state index contributed by atoms with van der Waals surface area (Å²) in [6, 6.07) is 10.7. The summed E-state index contributed by atoms with van der Waals surface area (Å²) in [4.78, 5) is 14.5. The Morgan fingerprint density at radius 2 is 2.12 bits per heavy atom. The predicted octanol–water partition coefficient (Wildman–Crippen LogP) is 1.52. The Morgan fingerprint density at radius 1 is 1.29 bits per heavy atom. The van der Waals surface area contributed by atoms with Crippen molar-refractivity contribution in [2.24, 2.45) is 11.7 Å². The van der Waals surface area contributed by atoms with Crippen LogP contribution in [0.2, 0.25) is 0 Å². The summed E-state index contributed by atoms with van der Waals surface area (Å²) in [6.45, 7) is 4.05. The summed E-state index contributed by atoms with van der Waals surface area (Å²) in [5, 5.41) is 3.04. The fraction of sp³-hybridized carbons (Fsp3) is 0.632. The van der Waals surface area contributed by atoms with E-state index in [1.165, 1.54) is 5.56 Å². The minimum absolute atomic E-state index is 0.0728. The molecule has 5 nitrogen and oxygen atoms in total. The molecule has 132 valence electrons. The quantitative estimate of drug-likeness (QED) is 0.829. The highest BCUT2D eigenvalue weighted by molar-refractivity contribution is 5.76. The highest BCUT2D eigenvalue weighted by Crippen LogP contribution is 2.26. The van der Waals surface area contributed by atoms with Crippen molar-refractivity contribution in [2.45, 2.75) is 44.4 Å². The van der Waals surface area contributed by atoms with Gasteiger partial charge in [-0.3, -0.25) is 9.69 Å². The molecule has 1 aliphatic carbocycles. The zero-order valence-corrected chi connectivity index (χ0v) is 14.3. The molecule has 3 rings (SSSR count). The van der Waals surface area contributed by atoms with Crippen molar-refractivity contribution in [2.75, 3.05) is 26.2 Å². The van der Waals surface area contributed by atoms with Gasteiger partial charge in [-0.25, -0.2) is 0 Å². The van der Waals surface area contributed by atoms with Crippen LogP contribution in [0.15, 0.2) is 30.3 Å². The molecule has 2 fully saturated rings. The van der Waals surface area contributed by atoms with Gasteiger partial charge in [0.1, 0.15) is 0 Å². The Balaban J connectivity index is 1.39. The first-order chi connectivity index (χ1) is 11.7. The van der Waals surface area contributed by atoms with Crippen LogP contribution in [0.25, 0.3) is 0 Å². The number of nitrogens with zero attached hydrogens (tertiary/aromatic N) is 1. The highest BCUT2D eigenvalue weighted by atomic mass is 16.5. The minimum Gasteiger partial charge on any atom is -0.374 e. The second-order valence-corrected chi connectivity index (χ2v) is 7.08. The van der Waals surface area contributed by atoms with Crippen LogP contribution in [-0.2, 0) is 16.1 Å². The zero-order valence-electron chi connectivity index (χ0n) is 14.3. The lowest BCUT2D eigenvalue weighted by molar-refractivity contribution is -0.123. The van der Waals surface area contributed by atoms with E-state index in [-0.39, 0.29) is 18.1 Å². The summed E-state index contributed by atoms with van der Waals surface area (Å²) in [5.74, 6) is 0.466. The molecule has 3 atom stereocenters. The zero-order chi connectivity index (χ0) is 16.8. The molecule has 3 N–H and O–H groups in total. The predicted molar refractivity (Wildman–Crippen MR) is 94.4 cm³/mol. The van der Waals surface area contributed by atoms with Gasteiger partial charge < -0.3 is 15.8 Å². The molecule has 1 aliphatic heterocycles. The first kappa shape index (κ1) is 17.4. The van der Waals surface area contributed by atoms with Crippen molar-refractivity contribution in [3.05, 3.63) is 35.9 Å². The molecular weight excluding hydrogens is 302 g/mol. The Kier molecular flexibility index (Phi) is 6.24. The number of ether oxygens (including phenoxy) is 1. The summed E-state index contributed by atoms with van der Waals surface area (Å²) < 4.78 is 5.81. The molecule has 1 saturated carbocycles. The Morgan fingerprint density at radius 3 is 2.88 bits per heavy atom. The van der Waals surface area contributed by atoms with Gasteiger partial charge in [-0.15, -0.1) is 0 Å². The SMILES string of the molecule is N[C@@H]1CCC[C@H]1CC(=O)NCC1CN(Cc2ccccc2)CCO1. The second kappa shape index (κ2) is 8.60. The van der Waals surface area contributed by atoms with E-state index in [9.17, 15) is 4.79 Å². The molecule has 1 unspecified atom stereocenters. The van der Waals surface area contributed by atoms with E-state index in [4.69, 9.17) is 10.5 Å². The molecule has 1 saturated heterocycles. The third kappa shape index (κ3) is 5.03. The summed E-state index contributed by atoms with van der Waals surface area (Å²) in [6.07, 6.45) is 3.92. The summed E-state index contributed by atoms with van der Waals surface area (Å²) in [7, 11) is 0. The van der Waals surface area contributed by atoms with Crippen LogP contribution in [0.3, 0.4) is 0 Å². The fourth-order valence-corrected chi connectivity index (χ4v) is 3.75. The van der Waals surface area contributed by atoms with Crippen molar-refractivity contribution >= 4 is 5.91 Å². The number of morpholine rings is 1. The maximum Gasteiger partial charge on any atom is 0.220 e. The average Bonchev–Trinajstić information content (AvgIpc) is 2.99. The molecule has 1 amide bonds. The largest absolute Gasteiger partial charge is 0.374 e. The van der Waals surface area contributed by atoms with E-state index < -0.39 is 0 Å². The third-order valence-electron chi connectivity index (χ3n) is 5.16. The van der Waals surface area contributed by atoms with Gasteiger partial charge in [0.15, 0.2) is 0 Å². The van der Waals surface area contributed by atoms with Gasteiger partial charge in [0.05, 0.1) is 12.7 Å². The molecular formula is C19H29N3O2. The van der Waals surface area contributed by atoms with Gasteiger partial charge >= 0.3 is 0 Å². The van der Waals surface area contributed by atoms with Crippen LogP contribution in [0.1, 0.15) is 31.2 Å². The Labute approximate surface area is 144 Å². The molecule has 0 spiro atoms. The molecule has 0 bridgehead atoms. The van der Waals surface area contributed by atoms with Crippen LogP contribution in [0, 0.1) is 5.92 Å². The molecule has 1 heterocycles. The van der Waals surface area contributed by atoms with E-state index >= 15 is 0 Å². The monoisotopic (exact) mass is 331 g/mol. The summed E-state index contributed by atoms with van der Waals surface area (Å²) in [5.41, 5.74) is 7.36. The number of nitrogens with one attached hydrogen (secondary N) is 1. The van der Waals surface area contributed by atoms with Crippen molar-refractivity contribution < 1.29 is 9.53 Å². The number of carbonyl (C=O) groups is 1. The van der Waals surface area contributed by atoms with Crippen LogP contribution in [0.4, 0.5) is 0 Å². The highest BCUT2D eigenvalue weighted by Gasteiger charge is 2.27. The molecule has 5 heteroatoms. The maximum absolute atomic E-state index is 12.1. The molecule has 0 radical (unpaired) electrons. The third-order valence-corrected chi connectivity index (χ3v) is 5.16. The number of benzene rings is 1. The van der Waals surface area contributed by atoms with Gasteiger partial charge in [-0.05, 0) is 24.3 Å². The Bertz CT molecular complexity index is 523.